The molecule has 0 saturated carbocycles. The first-order chi connectivity index (χ1) is 13.2. The number of carbonyl (C=O) groups excluding carboxylic acids is 1. The lowest BCUT2D eigenvalue weighted by molar-refractivity contribution is -0.133. The molecule has 0 aliphatic carbocycles. The van der Waals surface area contributed by atoms with Gasteiger partial charge in [0.15, 0.2) is 24.0 Å². The maximum absolute atomic E-state index is 13.5. The number of benzene rings is 1. The van der Waals surface area contributed by atoms with Gasteiger partial charge >= 0.3 is 0 Å². The van der Waals surface area contributed by atoms with Crippen LogP contribution in [0.15, 0.2) is 36.4 Å². The molecular formula is C19H23FN4O3. The fraction of sp³-hybridized carbons (Fsp3) is 0.421. The van der Waals surface area contributed by atoms with Crippen LogP contribution in [-0.4, -0.2) is 60.4 Å². The smallest absolute Gasteiger partial charge is 0.260 e. The standard InChI is InChI=1S/C19H23FN4O3/c1-2-13-26-18-8-7-17(21-22-18)23-9-11-24(12-10-23)19(25)14-27-16-6-4-3-5-15(16)20/h3-8H,2,9-14H2,1H3. The summed E-state index contributed by atoms with van der Waals surface area (Å²) >= 11 is 0. The van der Waals surface area contributed by atoms with E-state index in [0.29, 0.717) is 38.7 Å². The van der Waals surface area contributed by atoms with Gasteiger partial charge in [0.25, 0.3) is 5.91 Å². The fourth-order valence-corrected chi connectivity index (χ4v) is 2.74. The lowest BCUT2D eigenvalue weighted by Crippen LogP contribution is -2.50. The highest BCUT2D eigenvalue weighted by Gasteiger charge is 2.22. The van der Waals surface area contributed by atoms with Crippen molar-refractivity contribution in [2.24, 2.45) is 0 Å². The lowest BCUT2D eigenvalue weighted by atomic mass is 10.3. The van der Waals surface area contributed by atoms with Gasteiger partial charge in [-0.05, 0) is 24.6 Å². The van der Waals surface area contributed by atoms with Crippen molar-refractivity contribution in [1.29, 1.82) is 0 Å². The molecule has 0 N–H and O–H groups in total. The number of piperazine rings is 1. The van der Waals surface area contributed by atoms with E-state index in [1.54, 1.807) is 23.1 Å². The van der Waals surface area contributed by atoms with E-state index in [9.17, 15) is 9.18 Å². The van der Waals surface area contributed by atoms with Crippen LogP contribution in [0.1, 0.15) is 13.3 Å². The Morgan fingerprint density at radius 2 is 1.85 bits per heavy atom. The Balaban J connectivity index is 1.46. The number of anilines is 1. The first-order valence-corrected chi connectivity index (χ1v) is 9.04. The zero-order chi connectivity index (χ0) is 19.1. The molecule has 1 aliphatic rings. The third kappa shape index (κ3) is 5.06. The Bertz CT molecular complexity index is 749. The number of nitrogens with zero attached hydrogens (tertiary/aromatic N) is 4. The SMILES string of the molecule is CCCOc1ccc(N2CCN(C(=O)COc3ccccc3F)CC2)nn1. The van der Waals surface area contributed by atoms with Gasteiger partial charge in [0, 0.05) is 32.2 Å². The van der Waals surface area contributed by atoms with Gasteiger partial charge < -0.3 is 19.3 Å². The fourth-order valence-electron chi connectivity index (χ4n) is 2.74. The molecule has 0 bridgehead atoms. The Hall–Kier alpha value is -2.90. The maximum Gasteiger partial charge on any atom is 0.260 e. The molecule has 1 aliphatic heterocycles. The van der Waals surface area contributed by atoms with Crippen LogP contribution in [0.2, 0.25) is 0 Å². The predicted molar refractivity (Wildman–Crippen MR) is 98.5 cm³/mol. The molecule has 0 spiro atoms. The van der Waals surface area contributed by atoms with E-state index < -0.39 is 5.82 Å². The van der Waals surface area contributed by atoms with E-state index in [1.165, 1.54) is 12.1 Å². The number of rotatable bonds is 7. The van der Waals surface area contributed by atoms with Crippen LogP contribution in [-0.2, 0) is 4.79 Å². The summed E-state index contributed by atoms with van der Waals surface area (Å²) in [6, 6.07) is 9.73. The molecule has 2 heterocycles. The van der Waals surface area contributed by atoms with Gasteiger partial charge in [-0.25, -0.2) is 4.39 Å². The van der Waals surface area contributed by atoms with E-state index in [4.69, 9.17) is 9.47 Å². The zero-order valence-electron chi connectivity index (χ0n) is 15.3. The van der Waals surface area contributed by atoms with Crippen LogP contribution in [0, 0.1) is 5.82 Å². The minimum Gasteiger partial charge on any atom is -0.481 e. The van der Waals surface area contributed by atoms with Gasteiger partial charge in [0.1, 0.15) is 0 Å². The summed E-state index contributed by atoms with van der Waals surface area (Å²) in [6.07, 6.45) is 0.917. The Labute approximate surface area is 157 Å². The van der Waals surface area contributed by atoms with Crippen molar-refractivity contribution in [3.05, 3.63) is 42.2 Å². The molecule has 3 rings (SSSR count). The number of para-hydroxylation sites is 1. The summed E-state index contributed by atoms with van der Waals surface area (Å²) in [7, 11) is 0. The number of aromatic nitrogens is 2. The molecule has 1 aromatic carbocycles. The number of carbonyl (C=O) groups is 1. The summed E-state index contributed by atoms with van der Waals surface area (Å²) < 4.78 is 24.3. The van der Waals surface area contributed by atoms with Crippen molar-refractivity contribution in [1.82, 2.24) is 15.1 Å². The second-order valence-corrected chi connectivity index (χ2v) is 6.17. The third-order valence-electron chi connectivity index (χ3n) is 4.22. The topological polar surface area (TPSA) is 67.8 Å². The Kier molecular flexibility index (Phi) is 6.40. The molecule has 1 fully saturated rings. The maximum atomic E-state index is 13.5. The van der Waals surface area contributed by atoms with Crippen molar-refractivity contribution >= 4 is 11.7 Å². The van der Waals surface area contributed by atoms with Crippen LogP contribution in [0.4, 0.5) is 10.2 Å². The highest BCUT2D eigenvalue weighted by molar-refractivity contribution is 5.78. The second kappa shape index (κ2) is 9.16. The van der Waals surface area contributed by atoms with Crippen molar-refractivity contribution < 1.29 is 18.7 Å². The molecule has 0 atom stereocenters. The average molecular weight is 374 g/mol. The predicted octanol–water partition coefficient (Wildman–Crippen LogP) is 2.13. The first kappa shape index (κ1) is 18.9. The second-order valence-electron chi connectivity index (χ2n) is 6.17. The molecule has 7 nitrogen and oxygen atoms in total. The molecule has 8 heteroatoms. The number of amides is 1. The van der Waals surface area contributed by atoms with E-state index in [0.717, 1.165) is 12.2 Å². The lowest BCUT2D eigenvalue weighted by Gasteiger charge is -2.35. The zero-order valence-corrected chi connectivity index (χ0v) is 15.3. The van der Waals surface area contributed by atoms with Crippen molar-refractivity contribution in [2.75, 3.05) is 44.3 Å². The van der Waals surface area contributed by atoms with E-state index in [2.05, 4.69) is 15.1 Å². The number of halogens is 1. The number of ether oxygens (including phenoxy) is 2. The molecule has 0 unspecified atom stereocenters. The monoisotopic (exact) mass is 374 g/mol. The largest absolute Gasteiger partial charge is 0.481 e. The molecule has 2 aromatic rings. The van der Waals surface area contributed by atoms with E-state index in [1.807, 2.05) is 13.0 Å². The highest BCUT2D eigenvalue weighted by Crippen LogP contribution is 2.17. The number of hydrogen-bond donors (Lipinski definition) is 0. The summed E-state index contributed by atoms with van der Waals surface area (Å²) in [5.41, 5.74) is 0. The quantitative estimate of drug-likeness (QED) is 0.740. The van der Waals surface area contributed by atoms with Gasteiger partial charge in [-0.2, -0.15) is 0 Å². The average Bonchev–Trinajstić information content (AvgIpc) is 2.72. The van der Waals surface area contributed by atoms with Crippen LogP contribution in [0.5, 0.6) is 11.6 Å². The normalized spacial score (nSPS) is 14.1. The molecular weight excluding hydrogens is 351 g/mol. The van der Waals surface area contributed by atoms with Gasteiger partial charge in [-0.1, -0.05) is 19.1 Å². The summed E-state index contributed by atoms with van der Waals surface area (Å²) in [5, 5.41) is 8.26. The van der Waals surface area contributed by atoms with Gasteiger partial charge in [-0.15, -0.1) is 10.2 Å². The van der Waals surface area contributed by atoms with Gasteiger partial charge in [0.2, 0.25) is 5.88 Å². The molecule has 1 amide bonds. The molecule has 144 valence electrons. The van der Waals surface area contributed by atoms with Gasteiger partial charge in [0.05, 0.1) is 6.61 Å². The van der Waals surface area contributed by atoms with Crippen molar-refractivity contribution in [3.63, 3.8) is 0 Å². The van der Waals surface area contributed by atoms with Crippen LogP contribution in [0.25, 0.3) is 0 Å². The van der Waals surface area contributed by atoms with Crippen molar-refractivity contribution in [3.8, 4) is 11.6 Å². The number of hydrogen-bond acceptors (Lipinski definition) is 6. The molecule has 27 heavy (non-hydrogen) atoms. The minimum absolute atomic E-state index is 0.0881. The van der Waals surface area contributed by atoms with Crippen LogP contribution < -0.4 is 14.4 Å². The van der Waals surface area contributed by atoms with Crippen LogP contribution >= 0.6 is 0 Å². The van der Waals surface area contributed by atoms with Gasteiger partial charge in [-0.3, -0.25) is 4.79 Å². The van der Waals surface area contributed by atoms with E-state index in [-0.39, 0.29) is 18.3 Å². The molecule has 1 aromatic heterocycles. The summed E-state index contributed by atoms with van der Waals surface area (Å²) in [6.45, 7) is 4.87. The summed E-state index contributed by atoms with van der Waals surface area (Å²) in [4.78, 5) is 16.1. The van der Waals surface area contributed by atoms with E-state index >= 15 is 0 Å². The third-order valence-corrected chi connectivity index (χ3v) is 4.22. The molecule has 1 saturated heterocycles. The molecule has 0 radical (unpaired) electrons. The Morgan fingerprint density at radius 3 is 2.52 bits per heavy atom. The Morgan fingerprint density at radius 1 is 1.07 bits per heavy atom. The summed E-state index contributed by atoms with van der Waals surface area (Å²) in [5.74, 6) is 0.728. The highest BCUT2D eigenvalue weighted by atomic mass is 19.1. The first-order valence-electron chi connectivity index (χ1n) is 9.04. The van der Waals surface area contributed by atoms with Crippen molar-refractivity contribution in [2.45, 2.75) is 13.3 Å². The van der Waals surface area contributed by atoms with Crippen LogP contribution in [0.3, 0.4) is 0 Å². The minimum atomic E-state index is -0.472.